The predicted molar refractivity (Wildman–Crippen MR) is 146 cm³/mol. The van der Waals surface area contributed by atoms with E-state index in [2.05, 4.69) is 15.6 Å². The van der Waals surface area contributed by atoms with E-state index < -0.39 is 26.5 Å². The summed E-state index contributed by atoms with van der Waals surface area (Å²) >= 11 is 0. The molecule has 1 aliphatic carbocycles. The number of aromatic nitrogens is 1. The number of benzene rings is 2. The predicted octanol–water partition coefficient (Wildman–Crippen LogP) is 6.32. The highest BCUT2D eigenvalue weighted by Crippen LogP contribution is 2.34. The second-order valence-corrected chi connectivity index (χ2v) is 12.9. The van der Waals surface area contributed by atoms with Crippen LogP contribution in [0.1, 0.15) is 84.2 Å². The SMILES string of the molecule is O=C(NCc1ccc(S(=O)(=O)c2cccc(C(F)(F)F)c2)cc1)c1cc2c([nH]1)CC1(CCCCCCCC1)NC2. The van der Waals surface area contributed by atoms with Gasteiger partial charge in [0.25, 0.3) is 5.91 Å². The largest absolute Gasteiger partial charge is 0.416 e. The van der Waals surface area contributed by atoms with Crippen molar-refractivity contribution in [2.75, 3.05) is 0 Å². The van der Waals surface area contributed by atoms with Gasteiger partial charge in [-0.05, 0) is 60.4 Å². The topological polar surface area (TPSA) is 91.1 Å². The molecule has 6 nitrogen and oxygen atoms in total. The average Bonchev–Trinajstić information content (AvgIpc) is 3.40. The third kappa shape index (κ3) is 6.28. The summed E-state index contributed by atoms with van der Waals surface area (Å²) in [4.78, 5) is 15.7. The van der Waals surface area contributed by atoms with Crippen molar-refractivity contribution < 1.29 is 26.4 Å². The first-order valence-corrected chi connectivity index (χ1v) is 15.3. The molecule has 10 heteroatoms. The van der Waals surface area contributed by atoms with Crippen molar-refractivity contribution >= 4 is 15.7 Å². The number of alkyl halides is 3. The van der Waals surface area contributed by atoms with Gasteiger partial charge >= 0.3 is 6.18 Å². The highest BCUT2D eigenvalue weighted by molar-refractivity contribution is 7.91. The molecular weight excluding hydrogens is 539 g/mol. The molecule has 5 rings (SSSR count). The van der Waals surface area contributed by atoms with Crippen LogP contribution in [0, 0.1) is 0 Å². The number of hydrogen-bond donors (Lipinski definition) is 3. The Morgan fingerprint density at radius 2 is 1.57 bits per heavy atom. The van der Waals surface area contributed by atoms with Crippen LogP contribution in [-0.4, -0.2) is 24.8 Å². The van der Waals surface area contributed by atoms with Crippen LogP contribution in [0.15, 0.2) is 64.4 Å². The Morgan fingerprint density at radius 1 is 0.900 bits per heavy atom. The Kier molecular flexibility index (Phi) is 8.10. The van der Waals surface area contributed by atoms with Crippen molar-refractivity contribution in [1.29, 1.82) is 0 Å². The van der Waals surface area contributed by atoms with E-state index in [9.17, 15) is 26.4 Å². The fourth-order valence-electron chi connectivity index (χ4n) is 5.81. The maximum Gasteiger partial charge on any atom is 0.416 e. The monoisotopic (exact) mass is 573 g/mol. The number of carbonyl (C=O) groups is 1. The summed E-state index contributed by atoms with van der Waals surface area (Å²) in [6.45, 7) is 0.912. The van der Waals surface area contributed by atoms with Gasteiger partial charge in [0.2, 0.25) is 9.84 Å². The molecule has 2 heterocycles. The van der Waals surface area contributed by atoms with Gasteiger partial charge in [0.15, 0.2) is 0 Å². The quantitative estimate of drug-likeness (QED) is 0.333. The van der Waals surface area contributed by atoms with Gasteiger partial charge in [0.05, 0.1) is 15.4 Å². The van der Waals surface area contributed by atoms with Crippen LogP contribution in [0.4, 0.5) is 13.2 Å². The zero-order valence-electron chi connectivity index (χ0n) is 22.2. The number of sulfone groups is 1. The number of halogens is 3. The van der Waals surface area contributed by atoms with Crippen molar-refractivity contribution in [2.45, 2.75) is 92.4 Å². The highest BCUT2D eigenvalue weighted by Gasteiger charge is 2.35. The molecule has 0 atom stereocenters. The van der Waals surface area contributed by atoms with Crippen LogP contribution in [0.2, 0.25) is 0 Å². The van der Waals surface area contributed by atoms with E-state index in [-0.39, 0.29) is 22.9 Å². The number of fused-ring (bicyclic) bond motifs is 1. The van der Waals surface area contributed by atoms with Gasteiger partial charge in [-0.25, -0.2) is 8.42 Å². The number of rotatable bonds is 5. The van der Waals surface area contributed by atoms with Crippen molar-refractivity contribution in [3.8, 4) is 0 Å². The molecule has 1 saturated carbocycles. The Balaban J connectivity index is 1.22. The zero-order valence-corrected chi connectivity index (χ0v) is 23.1. The van der Waals surface area contributed by atoms with Gasteiger partial charge in [-0.1, -0.05) is 56.7 Å². The summed E-state index contributed by atoms with van der Waals surface area (Å²) in [6, 6.07) is 11.4. The molecule has 0 radical (unpaired) electrons. The van der Waals surface area contributed by atoms with E-state index in [0.717, 1.165) is 55.3 Å². The normalized spacial score (nSPS) is 17.9. The lowest BCUT2D eigenvalue weighted by atomic mass is 9.80. The minimum Gasteiger partial charge on any atom is -0.354 e. The molecular formula is C30H34F3N3O3S. The number of aromatic amines is 1. The fourth-order valence-corrected chi connectivity index (χ4v) is 7.12. The van der Waals surface area contributed by atoms with Crippen molar-refractivity contribution in [3.05, 3.63) is 82.7 Å². The fraction of sp³-hybridized carbons (Fsp3) is 0.433. The summed E-state index contributed by atoms with van der Waals surface area (Å²) < 4.78 is 64.9. The maximum atomic E-state index is 13.0. The molecule has 1 amide bonds. The lowest BCUT2D eigenvalue weighted by Crippen LogP contribution is -2.49. The van der Waals surface area contributed by atoms with Gasteiger partial charge in [-0.15, -0.1) is 0 Å². The van der Waals surface area contributed by atoms with E-state index in [0.29, 0.717) is 17.3 Å². The third-order valence-corrected chi connectivity index (χ3v) is 9.89. The third-order valence-electron chi connectivity index (χ3n) is 8.12. The van der Waals surface area contributed by atoms with E-state index in [1.807, 2.05) is 6.07 Å². The smallest absolute Gasteiger partial charge is 0.354 e. The lowest BCUT2D eigenvalue weighted by Gasteiger charge is -2.38. The Morgan fingerprint density at radius 3 is 2.25 bits per heavy atom. The summed E-state index contributed by atoms with van der Waals surface area (Å²) in [5.74, 6) is -0.251. The highest BCUT2D eigenvalue weighted by atomic mass is 32.2. The minimum atomic E-state index is -4.64. The molecule has 40 heavy (non-hydrogen) atoms. The van der Waals surface area contributed by atoms with Crippen LogP contribution in [-0.2, 0) is 35.5 Å². The number of H-pyrrole nitrogens is 1. The second-order valence-electron chi connectivity index (χ2n) is 11.0. The van der Waals surface area contributed by atoms with Crippen LogP contribution in [0.25, 0.3) is 0 Å². The van der Waals surface area contributed by atoms with Crippen LogP contribution >= 0.6 is 0 Å². The summed E-state index contributed by atoms with van der Waals surface area (Å²) in [6.07, 6.45) is 6.13. The van der Waals surface area contributed by atoms with Crippen LogP contribution in [0.3, 0.4) is 0 Å². The molecule has 1 spiro atoms. The first-order chi connectivity index (χ1) is 19.1. The summed E-state index contributed by atoms with van der Waals surface area (Å²) in [7, 11) is -4.13. The summed E-state index contributed by atoms with van der Waals surface area (Å²) in [5, 5.41) is 6.65. The van der Waals surface area contributed by atoms with Gasteiger partial charge < -0.3 is 15.6 Å². The van der Waals surface area contributed by atoms with E-state index in [4.69, 9.17) is 0 Å². The van der Waals surface area contributed by atoms with E-state index in [1.165, 1.54) is 50.7 Å². The molecule has 214 valence electrons. The molecule has 1 fully saturated rings. The zero-order chi connectivity index (χ0) is 28.4. The second kappa shape index (κ2) is 11.4. The van der Waals surface area contributed by atoms with Gasteiger partial charge in [-0.2, -0.15) is 13.2 Å². The van der Waals surface area contributed by atoms with Gasteiger partial charge in [-0.3, -0.25) is 4.79 Å². The summed E-state index contributed by atoms with van der Waals surface area (Å²) in [5.41, 5.74) is 2.46. The first-order valence-electron chi connectivity index (χ1n) is 13.8. The van der Waals surface area contributed by atoms with Gasteiger partial charge in [0, 0.05) is 30.7 Å². The van der Waals surface area contributed by atoms with Crippen molar-refractivity contribution in [3.63, 3.8) is 0 Å². The molecule has 1 aliphatic heterocycles. The lowest BCUT2D eigenvalue weighted by molar-refractivity contribution is -0.137. The Labute approximate surface area is 232 Å². The van der Waals surface area contributed by atoms with Crippen molar-refractivity contribution in [2.24, 2.45) is 0 Å². The molecule has 3 N–H and O–H groups in total. The number of carbonyl (C=O) groups excluding carboxylic acids is 1. The van der Waals surface area contributed by atoms with Gasteiger partial charge in [0.1, 0.15) is 5.69 Å². The molecule has 1 aromatic heterocycles. The Hall–Kier alpha value is -3.11. The Bertz CT molecular complexity index is 1450. The average molecular weight is 574 g/mol. The number of nitrogens with one attached hydrogen (secondary N) is 3. The molecule has 2 aliphatic rings. The molecule has 2 aromatic carbocycles. The molecule has 3 aromatic rings. The van der Waals surface area contributed by atoms with E-state index in [1.54, 1.807) is 12.1 Å². The molecule has 0 bridgehead atoms. The standard InChI is InChI=1S/C30H34F3N3O3S/c31-30(32,33)23-8-7-9-25(17-23)40(38,39)24-12-10-21(11-13-24)19-34-28(37)26-16-22-20-35-29(18-27(22)36-26)14-5-3-1-2-4-6-15-29/h7-13,16-17,35-36H,1-6,14-15,18-20H2,(H,34,37). The molecule has 0 unspecified atom stereocenters. The number of hydrogen-bond acceptors (Lipinski definition) is 4. The molecule has 0 saturated heterocycles. The first kappa shape index (κ1) is 28.4. The van der Waals surface area contributed by atoms with Crippen LogP contribution in [0.5, 0.6) is 0 Å². The maximum absolute atomic E-state index is 13.0. The van der Waals surface area contributed by atoms with Crippen molar-refractivity contribution in [1.82, 2.24) is 15.6 Å². The van der Waals surface area contributed by atoms with Crippen LogP contribution < -0.4 is 10.6 Å². The number of amides is 1. The minimum absolute atomic E-state index is 0.0894. The van der Waals surface area contributed by atoms with E-state index >= 15 is 0 Å².